The molecule has 0 aromatic carbocycles. The normalized spacial score (nSPS) is 13.5. The summed E-state index contributed by atoms with van der Waals surface area (Å²) < 4.78 is 10.9. The Morgan fingerprint density at radius 3 is 2.29 bits per heavy atom. The van der Waals surface area contributed by atoms with Crippen molar-refractivity contribution >= 4 is 5.97 Å². The Morgan fingerprint density at radius 2 is 1.76 bits per heavy atom. The molecule has 0 rings (SSSR count). The molecule has 0 aliphatic carbocycles. The lowest BCUT2D eigenvalue weighted by molar-refractivity contribution is -0.148. The summed E-state index contributed by atoms with van der Waals surface area (Å²) in [5.41, 5.74) is -0.0343. The standard InChI is InChI=1S/C14H28O3/c1-6-12(3)13(15)16-10-8-9-11-17-14(4,5)7-2/h12H,6-11H2,1-5H3. The number of ether oxygens (including phenoxy) is 2. The Kier molecular flexibility index (Phi) is 8.23. The van der Waals surface area contributed by atoms with Crippen molar-refractivity contribution in [2.24, 2.45) is 5.92 Å². The van der Waals surface area contributed by atoms with Crippen molar-refractivity contribution in [3.8, 4) is 0 Å². The van der Waals surface area contributed by atoms with Crippen LogP contribution in [0.2, 0.25) is 0 Å². The molecule has 3 heteroatoms. The van der Waals surface area contributed by atoms with Crippen molar-refractivity contribution < 1.29 is 14.3 Å². The van der Waals surface area contributed by atoms with E-state index in [4.69, 9.17) is 9.47 Å². The highest BCUT2D eigenvalue weighted by atomic mass is 16.5. The molecule has 0 bridgehead atoms. The first-order valence-corrected chi connectivity index (χ1v) is 6.73. The molecular formula is C14H28O3. The maximum Gasteiger partial charge on any atom is 0.308 e. The maximum absolute atomic E-state index is 11.4. The van der Waals surface area contributed by atoms with Crippen LogP contribution in [-0.4, -0.2) is 24.8 Å². The Morgan fingerprint density at radius 1 is 1.18 bits per heavy atom. The topological polar surface area (TPSA) is 35.5 Å². The van der Waals surface area contributed by atoms with Crippen molar-refractivity contribution in [2.45, 2.75) is 65.9 Å². The van der Waals surface area contributed by atoms with Crippen LogP contribution in [0, 0.1) is 5.92 Å². The molecule has 0 N–H and O–H groups in total. The zero-order valence-corrected chi connectivity index (χ0v) is 12.0. The van der Waals surface area contributed by atoms with Crippen LogP contribution in [0.15, 0.2) is 0 Å². The lowest BCUT2D eigenvalue weighted by atomic mass is 10.1. The average molecular weight is 244 g/mol. The minimum absolute atomic E-state index is 0.0188. The van der Waals surface area contributed by atoms with Crippen molar-refractivity contribution in [3.63, 3.8) is 0 Å². The van der Waals surface area contributed by atoms with E-state index >= 15 is 0 Å². The molecule has 0 spiro atoms. The first-order chi connectivity index (χ1) is 7.93. The van der Waals surface area contributed by atoms with Gasteiger partial charge in [-0.25, -0.2) is 0 Å². The summed E-state index contributed by atoms with van der Waals surface area (Å²) in [6.45, 7) is 11.4. The molecule has 0 aliphatic rings. The third kappa shape index (κ3) is 8.19. The van der Waals surface area contributed by atoms with Crippen LogP contribution < -0.4 is 0 Å². The number of unbranched alkanes of at least 4 members (excludes halogenated alkanes) is 1. The average Bonchev–Trinajstić information content (AvgIpc) is 2.32. The summed E-state index contributed by atoms with van der Waals surface area (Å²) in [7, 11) is 0. The lowest BCUT2D eigenvalue weighted by Crippen LogP contribution is -2.23. The van der Waals surface area contributed by atoms with Gasteiger partial charge in [0.15, 0.2) is 0 Å². The maximum atomic E-state index is 11.4. The van der Waals surface area contributed by atoms with E-state index in [-0.39, 0.29) is 17.5 Å². The van der Waals surface area contributed by atoms with E-state index in [1.807, 2.05) is 13.8 Å². The number of hydrogen-bond donors (Lipinski definition) is 0. The first-order valence-electron chi connectivity index (χ1n) is 6.73. The van der Waals surface area contributed by atoms with Gasteiger partial charge in [-0.15, -0.1) is 0 Å². The summed E-state index contributed by atoms with van der Waals surface area (Å²) in [4.78, 5) is 11.4. The number of hydrogen-bond acceptors (Lipinski definition) is 3. The fourth-order valence-corrected chi connectivity index (χ4v) is 1.14. The summed E-state index contributed by atoms with van der Waals surface area (Å²) in [6, 6.07) is 0. The zero-order chi connectivity index (χ0) is 13.3. The summed E-state index contributed by atoms with van der Waals surface area (Å²) in [6.07, 6.45) is 3.67. The quantitative estimate of drug-likeness (QED) is 0.459. The van der Waals surface area contributed by atoms with Crippen molar-refractivity contribution in [3.05, 3.63) is 0 Å². The second-order valence-corrected chi connectivity index (χ2v) is 5.15. The zero-order valence-electron chi connectivity index (χ0n) is 12.0. The summed E-state index contributed by atoms with van der Waals surface area (Å²) in [5, 5.41) is 0. The summed E-state index contributed by atoms with van der Waals surface area (Å²) in [5.74, 6) is -0.0624. The Hall–Kier alpha value is -0.570. The molecule has 0 aliphatic heterocycles. The van der Waals surface area contributed by atoms with Crippen LogP contribution in [0.25, 0.3) is 0 Å². The van der Waals surface area contributed by atoms with Gasteiger partial charge in [-0.3, -0.25) is 4.79 Å². The van der Waals surface area contributed by atoms with Gasteiger partial charge in [-0.1, -0.05) is 20.8 Å². The van der Waals surface area contributed by atoms with Crippen LogP contribution >= 0.6 is 0 Å². The molecule has 1 atom stereocenters. The number of carbonyl (C=O) groups excluding carboxylic acids is 1. The highest BCUT2D eigenvalue weighted by Gasteiger charge is 2.14. The molecule has 102 valence electrons. The molecule has 17 heavy (non-hydrogen) atoms. The Labute approximate surface area is 106 Å². The van der Waals surface area contributed by atoms with E-state index < -0.39 is 0 Å². The van der Waals surface area contributed by atoms with Gasteiger partial charge in [0.2, 0.25) is 0 Å². The second-order valence-electron chi connectivity index (χ2n) is 5.15. The van der Waals surface area contributed by atoms with E-state index in [1.165, 1.54) is 0 Å². The SMILES string of the molecule is CCC(C)C(=O)OCCCCOC(C)(C)CC. The lowest BCUT2D eigenvalue weighted by Gasteiger charge is -2.23. The molecule has 0 fully saturated rings. The van der Waals surface area contributed by atoms with Crippen molar-refractivity contribution in [2.75, 3.05) is 13.2 Å². The van der Waals surface area contributed by atoms with Gasteiger partial charge in [0, 0.05) is 6.61 Å². The Bertz CT molecular complexity index is 212. The van der Waals surface area contributed by atoms with Crippen LogP contribution in [-0.2, 0) is 14.3 Å². The molecule has 0 aromatic heterocycles. The van der Waals surface area contributed by atoms with Crippen LogP contribution in [0.3, 0.4) is 0 Å². The molecule has 0 aromatic rings. The molecule has 0 amide bonds. The third-order valence-corrected chi connectivity index (χ3v) is 3.14. The largest absolute Gasteiger partial charge is 0.465 e. The fraction of sp³-hybridized carbons (Fsp3) is 0.929. The molecule has 0 saturated heterocycles. The van der Waals surface area contributed by atoms with Gasteiger partial charge in [0.1, 0.15) is 0 Å². The van der Waals surface area contributed by atoms with Crippen LogP contribution in [0.4, 0.5) is 0 Å². The molecule has 0 heterocycles. The van der Waals surface area contributed by atoms with Gasteiger partial charge in [0.05, 0.1) is 18.1 Å². The molecule has 0 radical (unpaired) electrons. The van der Waals surface area contributed by atoms with Gasteiger partial charge < -0.3 is 9.47 Å². The van der Waals surface area contributed by atoms with E-state index in [0.29, 0.717) is 6.61 Å². The number of carbonyl (C=O) groups is 1. The highest BCUT2D eigenvalue weighted by Crippen LogP contribution is 2.14. The minimum atomic E-state index is -0.0812. The molecule has 0 saturated carbocycles. The van der Waals surface area contributed by atoms with E-state index in [2.05, 4.69) is 20.8 Å². The second kappa shape index (κ2) is 8.51. The minimum Gasteiger partial charge on any atom is -0.465 e. The smallest absolute Gasteiger partial charge is 0.308 e. The highest BCUT2D eigenvalue weighted by molar-refractivity contribution is 5.71. The van der Waals surface area contributed by atoms with Gasteiger partial charge in [-0.05, 0) is 39.5 Å². The van der Waals surface area contributed by atoms with Gasteiger partial charge in [-0.2, -0.15) is 0 Å². The van der Waals surface area contributed by atoms with Crippen molar-refractivity contribution in [1.82, 2.24) is 0 Å². The van der Waals surface area contributed by atoms with Crippen molar-refractivity contribution in [1.29, 1.82) is 0 Å². The number of esters is 1. The molecular weight excluding hydrogens is 216 g/mol. The van der Waals surface area contributed by atoms with Crippen LogP contribution in [0.5, 0.6) is 0 Å². The van der Waals surface area contributed by atoms with Crippen LogP contribution in [0.1, 0.15) is 60.3 Å². The fourth-order valence-electron chi connectivity index (χ4n) is 1.14. The van der Waals surface area contributed by atoms with Gasteiger partial charge >= 0.3 is 5.97 Å². The summed E-state index contributed by atoms with van der Waals surface area (Å²) >= 11 is 0. The number of rotatable bonds is 9. The predicted molar refractivity (Wildman–Crippen MR) is 70.0 cm³/mol. The molecule has 1 unspecified atom stereocenters. The third-order valence-electron chi connectivity index (χ3n) is 3.14. The first kappa shape index (κ1) is 16.4. The van der Waals surface area contributed by atoms with E-state index in [9.17, 15) is 4.79 Å². The van der Waals surface area contributed by atoms with Gasteiger partial charge in [0.25, 0.3) is 0 Å². The van der Waals surface area contributed by atoms with E-state index in [0.717, 1.165) is 32.3 Å². The monoisotopic (exact) mass is 244 g/mol. The predicted octanol–water partition coefficient (Wildman–Crippen LogP) is 3.56. The van der Waals surface area contributed by atoms with E-state index in [1.54, 1.807) is 0 Å². The molecule has 3 nitrogen and oxygen atoms in total. The Balaban J connectivity index is 3.44.